The average molecular weight is 415 g/mol. The summed E-state index contributed by atoms with van der Waals surface area (Å²) < 4.78 is 17.9. The SMILES string of the molecule is CCC/C=C\CC1COC(c2ccccc2Cl)OC1c1ccccc1OC(C)=O. The number of hydrogen-bond acceptors (Lipinski definition) is 4. The van der Waals surface area contributed by atoms with Gasteiger partial charge in [-0.1, -0.05) is 73.5 Å². The number of carbonyl (C=O) groups excluding carboxylic acids is 1. The van der Waals surface area contributed by atoms with Gasteiger partial charge in [-0.25, -0.2) is 0 Å². The normalized spacial score (nSPS) is 22.0. The largest absolute Gasteiger partial charge is 0.426 e. The van der Waals surface area contributed by atoms with E-state index in [-0.39, 0.29) is 18.0 Å². The van der Waals surface area contributed by atoms with Gasteiger partial charge < -0.3 is 14.2 Å². The summed E-state index contributed by atoms with van der Waals surface area (Å²) in [5.74, 6) is 0.262. The summed E-state index contributed by atoms with van der Waals surface area (Å²) in [4.78, 5) is 11.6. The molecule has 0 N–H and O–H groups in total. The number of para-hydroxylation sites is 1. The number of allylic oxidation sites excluding steroid dienone is 2. The van der Waals surface area contributed by atoms with Crippen molar-refractivity contribution in [3.8, 4) is 5.75 Å². The molecule has 4 nitrogen and oxygen atoms in total. The van der Waals surface area contributed by atoms with Gasteiger partial charge in [-0.15, -0.1) is 0 Å². The van der Waals surface area contributed by atoms with Crippen molar-refractivity contribution >= 4 is 17.6 Å². The molecule has 1 saturated heterocycles. The summed E-state index contributed by atoms with van der Waals surface area (Å²) in [5.41, 5.74) is 1.64. The van der Waals surface area contributed by atoms with Gasteiger partial charge in [0.1, 0.15) is 5.75 Å². The summed E-state index contributed by atoms with van der Waals surface area (Å²) >= 11 is 6.37. The topological polar surface area (TPSA) is 44.8 Å². The molecule has 5 heteroatoms. The van der Waals surface area contributed by atoms with Crippen LogP contribution in [-0.4, -0.2) is 12.6 Å². The maximum atomic E-state index is 11.6. The van der Waals surface area contributed by atoms with E-state index in [1.807, 2.05) is 42.5 Å². The van der Waals surface area contributed by atoms with Crippen molar-refractivity contribution in [1.82, 2.24) is 0 Å². The molecule has 0 aromatic heterocycles. The summed E-state index contributed by atoms with van der Waals surface area (Å²) in [6.07, 6.45) is 6.48. The molecular weight excluding hydrogens is 388 g/mol. The molecule has 29 heavy (non-hydrogen) atoms. The lowest BCUT2D eigenvalue weighted by molar-refractivity contribution is -0.244. The van der Waals surface area contributed by atoms with E-state index in [4.69, 9.17) is 25.8 Å². The summed E-state index contributed by atoms with van der Waals surface area (Å²) in [6, 6.07) is 15.0. The molecule has 1 heterocycles. The lowest BCUT2D eigenvalue weighted by atomic mass is 9.91. The highest BCUT2D eigenvalue weighted by molar-refractivity contribution is 6.31. The summed E-state index contributed by atoms with van der Waals surface area (Å²) in [7, 11) is 0. The van der Waals surface area contributed by atoms with Crippen LogP contribution in [0.3, 0.4) is 0 Å². The number of benzene rings is 2. The van der Waals surface area contributed by atoms with E-state index in [1.54, 1.807) is 6.07 Å². The molecule has 0 bridgehead atoms. The molecule has 1 aliphatic heterocycles. The van der Waals surface area contributed by atoms with Gasteiger partial charge in [0.05, 0.1) is 12.7 Å². The van der Waals surface area contributed by atoms with E-state index >= 15 is 0 Å². The second-order valence-electron chi connectivity index (χ2n) is 7.13. The second-order valence-corrected chi connectivity index (χ2v) is 7.54. The predicted molar refractivity (Wildman–Crippen MR) is 114 cm³/mol. The summed E-state index contributed by atoms with van der Waals surface area (Å²) in [6.45, 7) is 4.08. The van der Waals surface area contributed by atoms with Crippen LogP contribution in [0, 0.1) is 5.92 Å². The molecule has 0 spiro atoms. The second kappa shape index (κ2) is 10.6. The Morgan fingerprint density at radius 2 is 1.86 bits per heavy atom. The Bertz CT molecular complexity index is 848. The minimum Gasteiger partial charge on any atom is -0.426 e. The number of halogens is 1. The Morgan fingerprint density at radius 3 is 2.59 bits per heavy atom. The number of esters is 1. The quantitative estimate of drug-likeness (QED) is 0.298. The lowest BCUT2D eigenvalue weighted by Gasteiger charge is -2.37. The molecule has 3 atom stereocenters. The van der Waals surface area contributed by atoms with E-state index in [2.05, 4.69) is 19.1 Å². The van der Waals surface area contributed by atoms with Gasteiger partial charge in [0.25, 0.3) is 0 Å². The molecule has 3 unspecified atom stereocenters. The van der Waals surface area contributed by atoms with E-state index in [0.29, 0.717) is 17.4 Å². The van der Waals surface area contributed by atoms with Gasteiger partial charge >= 0.3 is 5.97 Å². The van der Waals surface area contributed by atoms with Crippen molar-refractivity contribution in [2.45, 2.75) is 45.5 Å². The van der Waals surface area contributed by atoms with Crippen LogP contribution in [0.25, 0.3) is 0 Å². The summed E-state index contributed by atoms with van der Waals surface area (Å²) in [5, 5.41) is 0.603. The Morgan fingerprint density at radius 1 is 1.14 bits per heavy atom. The third-order valence-electron chi connectivity index (χ3n) is 4.86. The maximum absolute atomic E-state index is 11.6. The molecule has 154 valence electrons. The Hall–Kier alpha value is -2.14. The van der Waals surface area contributed by atoms with Crippen LogP contribution in [0.4, 0.5) is 0 Å². The molecule has 3 rings (SSSR count). The Balaban J connectivity index is 1.90. The molecular formula is C24H27ClO4. The van der Waals surface area contributed by atoms with Crippen LogP contribution in [0.15, 0.2) is 60.7 Å². The third kappa shape index (κ3) is 5.69. The van der Waals surface area contributed by atoms with Crippen molar-refractivity contribution in [2.75, 3.05) is 6.61 Å². The third-order valence-corrected chi connectivity index (χ3v) is 5.20. The van der Waals surface area contributed by atoms with Gasteiger partial charge in [0, 0.05) is 29.0 Å². The Kier molecular flexibility index (Phi) is 7.87. The predicted octanol–water partition coefficient (Wildman–Crippen LogP) is 6.41. The van der Waals surface area contributed by atoms with Gasteiger partial charge in [0.2, 0.25) is 0 Å². The number of carbonyl (C=O) groups is 1. The van der Waals surface area contributed by atoms with Gasteiger partial charge in [0.15, 0.2) is 6.29 Å². The van der Waals surface area contributed by atoms with Gasteiger partial charge in [-0.05, 0) is 25.0 Å². The van der Waals surface area contributed by atoms with Crippen LogP contribution in [0.5, 0.6) is 5.75 Å². The highest BCUT2D eigenvalue weighted by Gasteiger charge is 2.35. The van der Waals surface area contributed by atoms with Crippen molar-refractivity contribution in [3.63, 3.8) is 0 Å². The molecule has 2 aromatic carbocycles. The fourth-order valence-electron chi connectivity index (χ4n) is 3.45. The van der Waals surface area contributed by atoms with Crippen LogP contribution >= 0.6 is 11.6 Å². The minimum absolute atomic E-state index is 0.0959. The lowest BCUT2D eigenvalue weighted by Crippen LogP contribution is -2.31. The van der Waals surface area contributed by atoms with E-state index in [1.165, 1.54) is 6.92 Å². The molecule has 1 aliphatic rings. The van der Waals surface area contributed by atoms with E-state index < -0.39 is 6.29 Å². The van der Waals surface area contributed by atoms with E-state index in [9.17, 15) is 4.79 Å². The molecule has 1 fully saturated rings. The molecule has 2 aromatic rings. The molecule has 0 aliphatic carbocycles. The van der Waals surface area contributed by atoms with Crippen molar-refractivity contribution < 1.29 is 19.0 Å². The van der Waals surface area contributed by atoms with Crippen molar-refractivity contribution in [2.24, 2.45) is 5.92 Å². The van der Waals surface area contributed by atoms with Crippen LogP contribution in [0.2, 0.25) is 5.02 Å². The van der Waals surface area contributed by atoms with Gasteiger partial charge in [-0.3, -0.25) is 4.79 Å². The Labute approximate surface area is 177 Å². The van der Waals surface area contributed by atoms with Gasteiger partial charge in [-0.2, -0.15) is 0 Å². The van der Waals surface area contributed by atoms with Crippen LogP contribution in [-0.2, 0) is 14.3 Å². The average Bonchev–Trinajstić information content (AvgIpc) is 2.72. The number of hydrogen-bond donors (Lipinski definition) is 0. The first kappa shape index (κ1) is 21.6. The number of rotatable bonds is 7. The zero-order valence-electron chi connectivity index (χ0n) is 16.8. The van der Waals surface area contributed by atoms with Crippen LogP contribution in [0.1, 0.15) is 56.6 Å². The standard InChI is InChI=1S/C24H27ClO4/c1-3-4-5-6-11-18-16-27-24(19-12-7-9-14-21(19)25)29-23(18)20-13-8-10-15-22(20)28-17(2)26/h5-10,12-15,18,23-24H,3-4,11,16H2,1-2H3/b6-5-. The fourth-order valence-corrected chi connectivity index (χ4v) is 3.67. The number of unbranched alkanes of at least 4 members (excludes halogenated alkanes) is 1. The molecule has 0 saturated carbocycles. The number of ether oxygens (including phenoxy) is 3. The monoisotopic (exact) mass is 414 g/mol. The molecule has 0 radical (unpaired) electrons. The molecule has 0 amide bonds. The van der Waals surface area contributed by atoms with E-state index in [0.717, 1.165) is 30.4 Å². The highest BCUT2D eigenvalue weighted by Crippen LogP contribution is 2.43. The fraction of sp³-hybridized carbons (Fsp3) is 0.375. The first-order valence-corrected chi connectivity index (χ1v) is 10.4. The van der Waals surface area contributed by atoms with Crippen LogP contribution < -0.4 is 4.74 Å². The smallest absolute Gasteiger partial charge is 0.308 e. The maximum Gasteiger partial charge on any atom is 0.308 e. The zero-order valence-corrected chi connectivity index (χ0v) is 17.6. The highest BCUT2D eigenvalue weighted by atomic mass is 35.5. The van der Waals surface area contributed by atoms with Crippen molar-refractivity contribution in [3.05, 3.63) is 76.8 Å². The first-order chi connectivity index (χ1) is 14.1. The minimum atomic E-state index is -0.574. The van der Waals surface area contributed by atoms with Crippen molar-refractivity contribution in [1.29, 1.82) is 0 Å². The first-order valence-electron chi connectivity index (χ1n) is 10.0. The zero-order chi connectivity index (χ0) is 20.6.